The number of ether oxygens (including phenoxy) is 1. The van der Waals surface area contributed by atoms with Gasteiger partial charge in [-0.2, -0.15) is 4.31 Å². The van der Waals surface area contributed by atoms with Gasteiger partial charge in [-0.1, -0.05) is 41.1 Å². The van der Waals surface area contributed by atoms with E-state index < -0.39 is 10.0 Å². The van der Waals surface area contributed by atoms with Gasteiger partial charge in [-0.05, 0) is 69.5 Å². The molecule has 37 heavy (non-hydrogen) atoms. The quantitative estimate of drug-likeness (QED) is 0.416. The molecule has 1 fully saturated rings. The Bertz CT molecular complexity index is 1350. The van der Waals surface area contributed by atoms with Crippen LogP contribution in [0.4, 0.5) is 5.69 Å². The molecule has 0 aliphatic carbocycles. The van der Waals surface area contributed by atoms with Crippen LogP contribution in [0.15, 0.2) is 57.9 Å². The number of aryl methyl sites for hydroxylation is 2. The summed E-state index contributed by atoms with van der Waals surface area (Å²) in [5.41, 5.74) is 3.16. The van der Waals surface area contributed by atoms with Gasteiger partial charge in [0.05, 0.1) is 6.61 Å². The second-order valence-corrected chi connectivity index (χ2v) is 11.1. The predicted molar refractivity (Wildman–Crippen MR) is 144 cm³/mol. The molecule has 0 bridgehead atoms. The molecule has 3 aromatic rings. The van der Waals surface area contributed by atoms with Crippen molar-refractivity contribution in [2.75, 3.05) is 31.6 Å². The van der Waals surface area contributed by atoms with Gasteiger partial charge in [0.1, 0.15) is 11.4 Å². The van der Waals surface area contributed by atoms with E-state index in [1.54, 1.807) is 31.0 Å². The van der Waals surface area contributed by atoms with Crippen molar-refractivity contribution >= 4 is 33.8 Å². The Morgan fingerprint density at radius 1 is 1.08 bits per heavy atom. The van der Waals surface area contributed by atoms with E-state index in [0.717, 1.165) is 22.6 Å². The van der Waals surface area contributed by atoms with E-state index in [2.05, 4.69) is 5.16 Å². The molecular formula is C28H33N3O5S. The summed E-state index contributed by atoms with van der Waals surface area (Å²) < 4.78 is 39.4. The van der Waals surface area contributed by atoms with Gasteiger partial charge in [0, 0.05) is 31.7 Å². The fourth-order valence-corrected chi connectivity index (χ4v) is 6.17. The van der Waals surface area contributed by atoms with Gasteiger partial charge < -0.3 is 14.2 Å². The topological polar surface area (TPSA) is 93.0 Å². The molecule has 8 nitrogen and oxygen atoms in total. The minimum absolute atomic E-state index is 0.0240. The number of anilines is 1. The van der Waals surface area contributed by atoms with E-state index >= 15 is 0 Å². The molecule has 1 amide bonds. The molecule has 0 radical (unpaired) electrons. The summed E-state index contributed by atoms with van der Waals surface area (Å²) in [7, 11) is -2.09. The molecule has 2 aromatic carbocycles. The lowest BCUT2D eigenvalue weighted by Gasteiger charge is -2.32. The Morgan fingerprint density at radius 2 is 1.73 bits per heavy atom. The van der Waals surface area contributed by atoms with Gasteiger partial charge in [-0.25, -0.2) is 8.42 Å². The summed E-state index contributed by atoms with van der Waals surface area (Å²) in [5, 5.41) is 3.92. The van der Waals surface area contributed by atoms with Gasteiger partial charge in [-0.15, -0.1) is 0 Å². The Hall–Kier alpha value is -3.43. The Kier molecular flexibility index (Phi) is 8.14. The molecule has 1 aliphatic rings. The minimum Gasteiger partial charge on any atom is -0.494 e. The van der Waals surface area contributed by atoms with Crippen LogP contribution in [-0.4, -0.2) is 50.5 Å². The van der Waals surface area contributed by atoms with E-state index in [1.807, 2.05) is 62.4 Å². The number of sulfonamides is 1. The number of carbonyl (C=O) groups excluding carboxylic acids is 1. The summed E-state index contributed by atoms with van der Waals surface area (Å²) in [6, 6.07) is 15.3. The van der Waals surface area contributed by atoms with E-state index in [-0.39, 0.29) is 35.6 Å². The third-order valence-electron chi connectivity index (χ3n) is 6.60. The minimum atomic E-state index is -3.84. The van der Waals surface area contributed by atoms with Crippen molar-refractivity contribution < 1.29 is 22.5 Å². The molecule has 0 spiro atoms. The molecule has 196 valence electrons. The molecule has 0 saturated carbocycles. The number of carbonyl (C=O) groups is 1. The highest BCUT2D eigenvalue weighted by Crippen LogP contribution is 2.30. The first-order valence-electron chi connectivity index (χ1n) is 12.4. The van der Waals surface area contributed by atoms with Crippen LogP contribution in [0.25, 0.3) is 12.2 Å². The molecule has 0 atom stereocenters. The van der Waals surface area contributed by atoms with Crippen molar-refractivity contribution in [3.05, 3.63) is 71.1 Å². The van der Waals surface area contributed by atoms with Crippen LogP contribution in [0, 0.1) is 19.8 Å². The van der Waals surface area contributed by atoms with Gasteiger partial charge in [-0.3, -0.25) is 4.79 Å². The Morgan fingerprint density at radius 3 is 2.35 bits per heavy atom. The lowest BCUT2D eigenvalue weighted by molar-refractivity contribution is -0.123. The number of benzene rings is 2. The third-order valence-corrected chi connectivity index (χ3v) is 8.66. The fourth-order valence-electron chi connectivity index (χ4n) is 4.45. The second-order valence-electron chi connectivity index (χ2n) is 9.21. The lowest BCUT2D eigenvalue weighted by Crippen LogP contribution is -2.43. The standard InChI is InChI=1S/C28H33N3O5S/c1-5-35-25-13-11-24(12-14-25)30(4)28(32)23-16-18-31(19-17-23)37(33,34)27-21(3)29-36-26(27)15-10-22-8-6-20(2)7-9-22/h6-15,23H,5,16-19H2,1-4H3/b15-10+. The zero-order chi connectivity index (χ0) is 26.6. The van der Waals surface area contributed by atoms with E-state index in [1.165, 1.54) is 4.31 Å². The van der Waals surface area contributed by atoms with E-state index in [0.29, 0.717) is 25.1 Å². The molecule has 0 unspecified atom stereocenters. The molecule has 1 aromatic heterocycles. The lowest BCUT2D eigenvalue weighted by atomic mass is 9.96. The first-order chi connectivity index (χ1) is 17.7. The van der Waals surface area contributed by atoms with Crippen LogP contribution < -0.4 is 9.64 Å². The van der Waals surface area contributed by atoms with Crippen LogP contribution >= 0.6 is 0 Å². The average molecular weight is 524 g/mol. The molecule has 4 rings (SSSR count). The van der Waals surface area contributed by atoms with E-state index in [4.69, 9.17) is 9.26 Å². The van der Waals surface area contributed by atoms with Gasteiger partial charge in [0.2, 0.25) is 15.9 Å². The Labute approximate surface area is 218 Å². The number of nitrogens with zero attached hydrogens (tertiary/aromatic N) is 3. The predicted octanol–water partition coefficient (Wildman–Crippen LogP) is 4.92. The molecule has 2 heterocycles. The first kappa shape index (κ1) is 26.6. The first-order valence-corrected chi connectivity index (χ1v) is 13.9. The molecule has 1 saturated heterocycles. The van der Waals surface area contributed by atoms with Crippen molar-refractivity contribution in [2.45, 2.75) is 38.5 Å². The third kappa shape index (κ3) is 5.94. The summed E-state index contributed by atoms with van der Waals surface area (Å²) in [6.45, 7) is 6.63. The summed E-state index contributed by atoms with van der Waals surface area (Å²) in [4.78, 5) is 14.8. The number of piperidine rings is 1. The maximum atomic E-state index is 13.5. The average Bonchev–Trinajstić information content (AvgIpc) is 3.29. The molecule has 1 aliphatic heterocycles. The maximum absolute atomic E-state index is 13.5. The normalized spacial score (nSPS) is 15.2. The molecular weight excluding hydrogens is 490 g/mol. The highest BCUT2D eigenvalue weighted by Gasteiger charge is 2.36. The van der Waals surface area contributed by atoms with E-state index in [9.17, 15) is 13.2 Å². The summed E-state index contributed by atoms with van der Waals surface area (Å²) >= 11 is 0. The second kappa shape index (κ2) is 11.3. The number of hydrogen-bond acceptors (Lipinski definition) is 6. The largest absolute Gasteiger partial charge is 0.494 e. The highest BCUT2D eigenvalue weighted by atomic mass is 32.2. The van der Waals surface area contributed by atoms with Crippen LogP contribution in [0.5, 0.6) is 5.75 Å². The number of amides is 1. The van der Waals surface area contributed by atoms with Crippen molar-refractivity contribution in [3.8, 4) is 5.75 Å². The Balaban J connectivity index is 1.43. The van der Waals surface area contributed by atoms with Crippen LogP contribution in [0.3, 0.4) is 0 Å². The van der Waals surface area contributed by atoms with Gasteiger partial charge in [0.15, 0.2) is 10.7 Å². The number of aromatic nitrogens is 1. The smallest absolute Gasteiger partial charge is 0.248 e. The molecule has 9 heteroatoms. The van der Waals surface area contributed by atoms with Crippen molar-refractivity contribution in [2.24, 2.45) is 5.92 Å². The fraction of sp³-hybridized carbons (Fsp3) is 0.357. The molecule has 0 N–H and O–H groups in total. The van der Waals surface area contributed by atoms with Crippen molar-refractivity contribution in [1.82, 2.24) is 9.46 Å². The van der Waals surface area contributed by atoms with Gasteiger partial charge >= 0.3 is 0 Å². The zero-order valence-corrected chi connectivity index (χ0v) is 22.5. The summed E-state index contributed by atoms with van der Waals surface area (Å²) in [6.07, 6.45) is 4.33. The monoisotopic (exact) mass is 523 g/mol. The van der Waals surface area contributed by atoms with Gasteiger partial charge in [0.25, 0.3) is 0 Å². The maximum Gasteiger partial charge on any atom is 0.248 e. The zero-order valence-electron chi connectivity index (χ0n) is 21.7. The highest BCUT2D eigenvalue weighted by molar-refractivity contribution is 7.89. The van der Waals surface area contributed by atoms with Crippen LogP contribution in [0.1, 0.15) is 42.3 Å². The van der Waals surface area contributed by atoms with Crippen molar-refractivity contribution in [1.29, 1.82) is 0 Å². The SMILES string of the molecule is CCOc1ccc(N(C)C(=O)C2CCN(S(=O)(=O)c3c(C)noc3/C=C/c3ccc(C)cc3)CC2)cc1. The summed E-state index contributed by atoms with van der Waals surface area (Å²) in [5.74, 6) is 0.672. The van der Waals surface area contributed by atoms with Crippen molar-refractivity contribution in [3.63, 3.8) is 0 Å². The number of hydrogen-bond donors (Lipinski definition) is 0. The number of rotatable bonds is 8. The van der Waals surface area contributed by atoms with Crippen LogP contribution in [-0.2, 0) is 14.8 Å². The van der Waals surface area contributed by atoms with Crippen LogP contribution in [0.2, 0.25) is 0 Å².